The van der Waals surface area contributed by atoms with Gasteiger partial charge in [0.25, 0.3) is 5.91 Å². The molecule has 1 aromatic rings. The third kappa shape index (κ3) is 4.68. The van der Waals surface area contributed by atoms with E-state index in [1.165, 1.54) is 12.8 Å². The molecule has 0 radical (unpaired) electrons. The fraction of sp³-hybridized carbons (Fsp3) is 0.600. The predicted molar refractivity (Wildman–Crippen MR) is 100 cm³/mol. The first-order chi connectivity index (χ1) is 12.7. The Morgan fingerprint density at radius 3 is 2.27 bits per heavy atom. The third-order valence-electron chi connectivity index (χ3n) is 5.11. The van der Waals surface area contributed by atoms with E-state index in [0.29, 0.717) is 44.4 Å². The van der Waals surface area contributed by atoms with Gasteiger partial charge in [-0.05, 0) is 43.5 Å². The average molecular weight is 359 g/mol. The van der Waals surface area contributed by atoms with Crippen molar-refractivity contribution in [3.63, 3.8) is 0 Å². The van der Waals surface area contributed by atoms with Gasteiger partial charge < -0.3 is 19.9 Å². The van der Waals surface area contributed by atoms with Crippen LogP contribution in [-0.4, -0.2) is 60.6 Å². The number of rotatable bonds is 5. The van der Waals surface area contributed by atoms with Gasteiger partial charge in [-0.25, -0.2) is 4.79 Å². The lowest BCUT2D eigenvalue weighted by molar-refractivity contribution is 0.0663. The summed E-state index contributed by atoms with van der Waals surface area (Å²) in [4.78, 5) is 28.6. The fourth-order valence-electron chi connectivity index (χ4n) is 3.54. The highest BCUT2D eigenvalue weighted by atomic mass is 16.5. The summed E-state index contributed by atoms with van der Waals surface area (Å²) < 4.78 is 5.55. The molecule has 1 N–H and O–H groups in total. The molecule has 6 heteroatoms. The number of urea groups is 1. The number of hydrogen-bond acceptors (Lipinski definition) is 3. The zero-order valence-corrected chi connectivity index (χ0v) is 15.6. The highest BCUT2D eigenvalue weighted by molar-refractivity contribution is 5.94. The largest absolute Gasteiger partial charge is 0.494 e. The molecule has 0 aromatic heterocycles. The number of nitrogens with one attached hydrogen (secondary N) is 1. The van der Waals surface area contributed by atoms with Crippen LogP contribution in [0, 0.1) is 0 Å². The molecule has 0 atom stereocenters. The van der Waals surface area contributed by atoms with Gasteiger partial charge in [0.2, 0.25) is 0 Å². The van der Waals surface area contributed by atoms with Crippen molar-refractivity contribution >= 4 is 11.9 Å². The molecule has 1 saturated carbocycles. The zero-order valence-electron chi connectivity index (χ0n) is 15.6. The molecular formula is C20H29N3O3. The lowest BCUT2D eigenvalue weighted by atomic mass is 10.1. The maximum atomic E-state index is 12.6. The minimum atomic E-state index is 0.0152. The highest BCUT2D eigenvalue weighted by Crippen LogP contribution is 2.18. The molecule has 26 heavy (non-hydrogen) atoms. The highest BCUT2D eigenvalue weighted by Gasteiger charge is 2.26. The molecule has 6 nitrogen and oxygen atoms in total. The number of hydrogen-bond donors (Lipinski definition) is 1. The Labute approximate surface area is 155 Å². The summed E-state index contributed by atoms with van der Waals surface area (Å²) in [6.07, 6.45) is 5.54. The quantitative estimate of drug-likeness (QED) is 0.879. The number of benzene rings is 1. The lowest BCUT2D eigenvalue weighted by Crippen LogP contribution is -2.54. The van der Waals surface area contributed by atoms with Gasteiger partial charge in [-0.15, -0.1) is 0 Å². The van der Waals surface area contributed by atoms with E-state index in [4.69, 9.17) is 4.74 Å². The van der Waals surface area contributed by atoms with E-state index in [2.05, 4.69) is 12.2 Å². The Morgan fingerprint density at radius 1 is 1.04 bits per heavy atom. The summed E-state index contributed by atoms with van der Waals surface area (Å²) in [6, 6.07) is 7.65. The summed E-state index contributed by atoms with van der Waals surface area (Å²) in [6.45, 7) is 5.06. The fourth-order valence-corrected chi connectivity index (χ4v) is 3.54. The molecule has 1 saturated heterocycles. The Kier molecular flexibility index (Phi) is 6.36. The maximum absolute atomic E-state index is 12.6. The number of carbonyl (C=O) groups excluding carboxylic acids is 2. The second-order valence-electron chi connectivity index (χ2n) is 7.08. The van der Waals surface area contributed by atoms with Crippen LogP contribution in [0.4, 0.5) is 4.79 Å². The molecule has 2 aliphatic rings. The maximum Gasteiger partial charge on any atom is 0.317 e. The van der Waals surface area contributed by atoms with Crippen molar-refractivity contribution in [1.29, 1.82) is 0 Å². The summed E-state index contributed by atoms with van der Waals surface area (Å²) in [5, 5.41) is 3.12. The van der Waals surface area contributed by atoms with Gasteiger partial charge in [-0.3, -0.25) is 4.79 Å². The van der Waals surface area contributed by atoms with E-state index >= 15 is 0 Å². The van der Waals surface area contributed by atoms with Gasteiger partial charge in [0.1, 0.15) is 5.75 Å². The number of nitrogens with zero attached hydrogens (tertiary/aromatic N) is 2. The van der Waals surface area contributed by atoms with Crippen molar-refractivity contribution in [2.24, 2.45) is 0 Å². The Balaban J connectivity index is 1.47. The van der Waals surface area contributed by atoms with Crippen LogP contribution in [0.25, 0.3) is 0 Å². The molecular weight excluding hydrogens is 330 g/mol. The van der Waals surface area contributed by atoms with Crippen molar-refractivity contribution in [1.82, 2.24) is 15.1 Å². The summed E-state index contributed by atoms with van der Waals surface area (Å²) in [5.41, 5.74) is 0.665. The molecule has 1 aliphatic heterocycles. The predicted octanol–water partition coefficient (Wildman–Crippen LogP) is 2.89. The van der Waals surface area contributed by atoms with Crippen LogP contribution < -0.4 is 10.1 Å². The van der Waals surface area contributed by atoms with E-state index in [9.17, 15) is 9.59 Å². The molecule has 1 aliphatic carbocycles. The zero-order chi connectivity index (χ0) is 18.4. The molecule has 0 unspecified atom stereocenters. The standard InChI is InChI=1S/C20H29N3O3/c1-2-15-26-18-9-7-16(8-10-18)19(24)22-11-13-23(14-12-22)20(25)21-17-5-3-4-6-17/h7-10,17H,2-6,11-15H2,1H3,(H,21,25). The Bertz CT molecular complexity index is 603. The molecule has 3 amide bonds. The number of carbonyl (C=O) groups is 2. The van der Waals surface area contributed by atoms with Crippen molar-refractivity contribution in [2.75, 3.05) is 32.8 Å². The summed E-state index contributed by atoms with van der Waals surface area (Å²) >= 11 is 0. The van der Waals surface area contributed by atoms with E-state index in [1.54, 1.807) is 0 Å². The van der Waals surface area contributed by atoms with E-state index in [1.807, 2.05) is 34.1 Å². The van der Waals surface area contributed by atoms with Gasteiger partial charge >= 0.3 is 6.03 Å². The minimum absolute atomic E-state index is 0.0152. The molecule has 1 aromatic carbocycles. The van der Waals surface area contributed by atoms with Crippen LogP contribution in [0.2, 0.25) is 0 Å². The van der Waals surface area contributed by atoms with E-state index in [0.717, 1.165) is 25.0 Å². The van der Waals surface area contributed by atoms with Crippen molar-refractivity contribution in [3.05, 3.63) is 29.8 Å². The summed E-state index contributed by atoms with van der Waals surface area (Å²) in [5.74, 6) is 0.805. The number of amides is 3. The van der Waals surface area contributed by atoms with Gasteiger partial charge in [0, 0.05) is 37.8 Å². The first-order valence-electron chi connectivity index (χ1n) is 9.75. The van der Waals surface area contributed by atoms with Crippen molar-refractivity contribution in [2.45, 2.75) is 45.1 Å². The lowest BCUT2D eigenvalue weighted by Gasteiger charge is -2.35. The van der Waals surface area contributed by atoms with Crippen LogP contribution in [0.3, 0.4) is 0 Å². The van der Waals surface area contributed by atoms with Crippen LogP contribution in [0.1, 0.15) is 49.4 Å². The SMILES string of the molecule is CCCOc1ccc(C(=O)N2CCN(C(=O)NC3CCCC3)CC2)cc1. The van der Waals surface area contributed by atoms with Gasteiger partial charge in [-0.1, -0.05) is 19.8 Å². The topological polar surface area (TPSA) is 61.9 Å². The average Bonchev–Trinajstić information content (AvgIpc) is 3.19. The number of piperazine rings is 1. The van der Waals surface area contributed by atoms with E-state index < -0.39 is 0 Å². The van der Waals surface area contributed by atoms with Gasteiger partial charge in [0.15, 0.2) is 0 Å². The first-order valence-corrected chi connectivity index (χ1v) is 9.75. The second-order valence-corrected chi connectivity index (χ2v) is 7.08. The Hall–Kier alpha value is -2.24. The number of ether oxygens (including phenoxy) is 1. The van der Waals surface area contributed by atoms with Crippen LogP contribution in [0.15, 0.2) is 24.3 Å². The summed E-state index contributed by atoms with van der Waals surface area (Å²) in [7, 11) is 0. The third-order valence-corrected chi connectivity index (χ3v) is 5.11. The van der Waals surface area contributed by atoms with Crippen molar-refractivity contribution in [3.8, 4) is 5.75 Å². The molecule has 0 spiro atoms. The van der Waals surface area contributed by atoms with Gasteiger partial charge in [-0.2, -0.15) is 0 Å². The smallest absolute Gasteiger partial charge is 0.317 e. The molecule has 0 bridgehead atoms. The molecule has 142 valence electrons. The molecule has 3 rings (SSSR count). The van der Waals surface area contributed by atoms with Crippen molar-refractivity contribution < 1.29 is 14.3 Å². The monoisotopic (exact) mass is 359 g/mol. The van der Waals surface area contributed by atoms with E-state index in [-0.39, 0.29) is 11.9 Å². The van der Waals surface area contributed by atoms with Crippen LogP contribution in [-0.2, 0) is 0 Å². The second kappa shape index (κ2) is 8.92. The molecule has 1 heterocycles. The molecule has 2 fully saturated rings. The first kappa shape index (κ1) is 18.5. The minimum Gasteiger partial charge on any atom is -0.494 e. The van der Waals surface area contributed by atoms with Crippen LogP contribution in [0.5, 0.6) is 5.75 Å². The normalized spacial score (nSPS) is 18.0. The van der Waals surface area contributed by atoms with Crippen LogP contribution >= 0.6 is 0 Å². The van der Waals surface area contributed by atoms with Gasteiger partial charge in [0.05, 0.1) is 6.61 Å². The Morgan fingerprint density at radius 2 is 1.65 bits per heavy atom.